The number of nitrogens with one attached hydrogen (secondary N) is 1. The van der Waals surface area contributed by atoms with Crippen molar-refractivity contribution in [2.24, 2.45) is 5.92 Å². The van der Waals surface area contributed by atoms with Gasteiger partial charge in [-0.25, -0.2) is 0 Å². The number of carbonyl (C=O) groups excluding carboxylic acids is 1. The van der Waals surface area contributed by atoms with Gasteiger partial charge in [0.2, 0.25) is 5.91 Å². The maximum absolute atomic E-state index is 11.7. The van der Waals surface area contributed by atoms with Crippen molar-refractivity contribution in [2.45, 2.75) is 40.5 Å². The minimum atomic E-state index is 0.113. The fourth-order valence-electron chi connectivity index (χ4n) is 1.52. The van der Waals surface area contributed by atoms with E-state index in [1.165, 1.54) is 5.56 Å². The number of amides is 1. The normalized spacial score (nSPS) is 10.6. The van der Waals surface area contributed by atoms with Crippen LogP contribution in [0.3, 0.4) is 0 Å². The lowest BCUT2D eigenvalue weighted by Gasteiger charge is -2.10. The van der Waals surface area contributed by atoms with E-state index in [1.54, 1.807) is 0 Å². The molecule has 1 rings (SSSR count). The van der Waals surface area contributed by atoms with Gasteiger partial charge in [0.05, 0.1) is 0 Å². The highest BCUT2D eigenvalue weighted by Gasteiger charge is 2.06. The third-order valence-corrected chi connectivity index (χ3v) is 2.83. The number of benzene rings is 1. The summed E-state index contributed by atoms with van der Waals surface area (Å²) in [6.45, 7) is 8.35. The number of rotatable bonds is 4. The molecular weight excluding hydrogens is 198 g/mol. The molecule has 88 valence electrons. The van der Waals surface area contributed by atoms with E-state index >= 15 is 0 Å². The van der Waals surface area contributed by atoms with Crippen LogP contribution in [0.1, 0.15) is 37.8 Å². The van der Waals surface area contributed by atoms with Crippen LogP contribution in [0.2, 0.25) is 0 Å². The van der Waals surface area contributed by atoms with Gasteiger partial charge in [-0.1, -0.05) is 26.0 Å². The fourth-order valence-corrected chi connectivity index (χ4v) is 1.52. The van der Waals surface area contributed by atoms with Gasteiger partial charge < -0.3 is 5.32 Å². The maximum atomic E-state index is 11.7. The zero-order valence-electron chi connectivity index (χ0n) is 10.6. The van der Waals surface area contributed by atoms with Crippen LogP contribution in [0.15, 0.2) is 18.2 Å². The van der Waals surface area contributed by atoms with E-state index in [1.807, 2.05) is 19.1 Å². The second-order valence-corrected chi connectivity index (χ2v) is 4.73. The highest BCUT2D eigenvalue weighted by Crippen LogP contribution is 2.18. The van der Waals surface area contributed by atoms with E-state index < -0.39 is 0 Å². The average molecular weight is 219 g/mol. The van der Waals surface area contributed by atoms with Crippen LogP contribution in [0.4, 0.5) is 5.69 Å². The molecule has 1 aromatic rings. The molecule has 0 aliphatic heterocycles. The summed E-state index contributed by atoms with van der Waals surface area (Å²) in [5, 5.41) is 2.97. The summed E-state index contributed by atoms with van der Waals surface area (Å²) in [5.74, 6) is 0.687. The topological polar surface area (TPSA) is 29.1 Å². The zero-order chi connectivity index (χ0) is 12.1. The van der Waals surface area contributed by atoms with Crippen LogP contribution in [0, 0.1) is 19.8 Å². The molecule has 0 bridgehead atoms. The summed E-state index contributed by atoms with van der Waals surface area (Å²) in [4.78, 5) is 11.7. The van der Waals surface area contributed by atoms with E-state index in [2.05, 4.69) is 32.2 Å². The van der Waals surface area contributed by atoms with Crippen molar-refractivity contribution in [3.63, 3.8) is 0 Å². The van der Waals surface area contributed by atoms with E-state index in [4.69, 9.17) is 0 Å². The molecule has 0 aliphatic rings. The summed E-state index contributed by atoms with van der Waals surface area (Å²) in [6.07, 6.45) is 1.54. The first kappa shape index (κ1) is 12.8. The smallest absolute Gasteiger partial charge is 0.224 e. The highest BCUT2D eigenvalue weighted by atomic mass is 16.1. The average Bonchev–Trinajstić information content (AvgIpc) is 2.22. The Morgan fingerprint density at radius 2 is 2.00 bits per heavy atom. The molecule has 2 heteroatoms. The van der Waals surface area contributed by atoms with Crippen molar-refractivity contribution in [3.8, 4) is 0 Å². The van der Waals surface area contributed by atoms with Gasteiger partial charge in [-0.15, -0.1) is 0 Å². The molecule has 0 saturated carbocycles. The van der Waals surface area contributed by atoms with Crippen LogP contribution >= 0.6 is 0 Å². The van der Waals surface area contributed by atoms with E-state index in [-0.39, 0.29) is 5.91 Å². The Hall–Kier alpha value is -1.31. The lowest BCUT2D eigenvalue weighted by Crippen LogP contribution is -2.13. The van der Waals surface area contributed by atoms with Crippen molar-refractivity contribution in [2.75, 3.05) is 5.32 Å². The summed E-state index contributed by atoms with van der Waals surface area (Å²) in [6, 6.07) is 5.98. The Morgan fingerprint density at radius 1 is 1.31 bits per heavy atom. The molecule has 1 N–H and O–H groups in total. The number of hydrogen-bond donors (Lipinski definition) is 1. The lowest BCUT2D eigenvalue weighted by molar-refractivity contribution is -0.116. The van der Waals surface area contributed by atoms with Gasteiger partial charge in [-0.05, 0) is 43.4 Å². The molecule has 0 aliphatic carbocycles. The van der Waals surface area contributed by atoms with Crippen LogP contribution in [0.25, 0.3) is 0 Å². The molecule has 0 spiro atoms. The lowest BCUT2D eigenvalue weighted by atomic mass is 10.1. The molecule has 0 fully saturated rings. The first-order chi connectivity index (χ1) is 7.50. The first-order valence-corrected chi connectivity index (χ1v) is 5.86. The third-order valence-electron chi connectivity index (χ3n) is 2.83. The minimum Gasteiger partial charge on any atom is -0.326 e. The Bertz CT molecular complexity index is 369. The van der Waals surface area contributed by atoms with E-state index in [0.29, 0.717) is 12.3 Å². The molecule has 0 heterocycles. The molecule has 0 saturated heterocycles. The Balaban J connectivity index is 2.59. The minimum absolute atomic E-state index is 0.113. The van der Waals surface area contributed by atoms with Gasteiger partial charge in [0.1, 0.15) is 0 Å². The van der Waals surface area contributed by atoms with Crippen molar-refractivity contribution in [3.05, 3.63) is 29.3 Å². The van der Waals surface area contributed by atoms with Gasteiger partial charge >= 0.3 is 0 Å². The molecule has 1 amide bonds. The predicted molar refractivity (Wildman–Crippen MR) is 68.6 cm³/mol. The predicted octanol–water partition coefficient (Wildman–Crippen LogP) is 3.68. The molecule has 2 nitrogen and oxygen atoms in total. The second kappa shape index (κ2) is 5.69. The van der Waals surface area contributed by atoms with Gasteiger partial charge in [0.25, 0.3) is 0 Å². The summed E-state index contributed by atoms with van der Waals surface area (Å²) in [5.41, 5.74) is 3.30. The maximum Gasteiger partial charge on any atom is 0.224 e. The number of hydrogen-bond acceptors (Lipinski definition) is 1. The van der Waals surface area contributed by atoms with Crippen LogP contribution < -0.4 is 5.32 Å². The molecular formula is C14H21NO. The van der Waals surface area contributed by atoms with Crippen LogP contribution in [-0.2, 0) is 4.79 Å². The van der Waals surface area contributed by atoms with E-state index in [0.717, 1.165) is 17.7 Å². The quantitative estimate of drug-likeness (QED) is 0.822. The molecule has 16 heavy (non-hydrogen) atoms. The van der Waals surface area contributed by atoms with Gasteiger partial charge in [-0.3, -0.25) is 4.79 Å². The van der Waals surface area contributed by atoms with E-state index in [9.17, 15) is 4.79 Å². The van der Waals surface area contributed by atoms with Crippen LogP contribution in [-0.4, -0.2) is 5.91 Å². The first-order valence-electron chi connectivity index (χ1n) is 5.86. The molecule has 1 aromatic carbocycles. The van der Waals surface area contributed by atoms with Gasteiger partial charge in [-0.2, -0.15) is 0 Å². The number of aryl methyl sites for hydroxylation is 1. The van der Waals surface area contributed by atoms with Crippen molar-refractivity contribution in [1.29, 1.82) is 0 Å². The Labute approximate surface area is 98.1 Å². The van der Waals surface area contributed by atoms with Gasteiger partial charge in [0, 0.05) is 12.1 Å². The zero-order valence-corrected chi connectivity index (χ0v) is 10.6. The van der Waals surface area contributed by atoms with Crippen molar-refractivity contribution in [1.82, 2.24) is 0 Å². The highest BCUT2D eigenvalue weighted by molar-refractivity contribution is 5.91. The fraction of sp³-hybridized carbons (Fsp3) is 0.500. The SMILES string of the molecule is Cc1cccc(NC(=O)CCC(C)C)c1C. The number of anilines is 1. The van der Waals surface area contributed by atoms with Crippen molar-refractivity contribution < 1.29 is 4.79 Å². The monoisotopic (exact) mass is 219 g/mol. The van der Waals surface area contributed by atoms with Crippen LogP contribution in [0.5, 0.6) is 0 Å². The molecule has 0 radical (unpaired) electrons. The van der Waals surface area contributed by atoms with Crippen molar-refractivity contribution >= 4 is 11.6 Å². The Kier molecular flexibility index (Phi) is 4.53. The van der Waals surface area contributed by atoms with Gasteiger partial charge in [0.15, 0.2) is 0 Å². The summed E-state index contributed by atoms with van der Waals surface area (Å²) in [7, 11) is 0. The summed E-state index contributed by atoms with van der Waals surface area (Å²) >= 11 is 0. The third kappa shape index (κ3) is 3.69. The molecule has 0 atom stereocenters. The largest absolute Gasteiger partial charge is 0.326 e. The standard InChI is InChI=1S/C14H21NO/c1-10(2)8-9-14(16)15-13-7-5-6-11(3)12(13)4/h5-7,10H,8-9H2,1-4H3,(H,15,16). The summed E-state index contributed by atoms with van der Waals surface area (Å²) < 4.78 is 0. The molecule has 0 unspecified atom stereocenters. The number of carbonyl (C=O) groups is 1. The molecule has 0 aromatic heterocycles. The Morgan fingerprint density at radius 3 is 2.62 bits per heavy atom. The second-order valence-electron chi connectivity index (χ2n) is 4.73.